The Morgan fingerprint density at radius 1 is 1.21 bits per heavy atom. The molecule has 6 heteroatoms. The van der Waals surface area contributed by atoms with Crippen LogP contribution in [0.2, 0.25) is 0 Å². The Hall–Kier alpha value is -3.02. The Kier molecular flexibility index (Phi) is 4.65. The fourth-order valence-electron chi connectivity index (χ4n) is 2.41. The molecule has 2 aromatic rings. The number of amides is 2. The van der Waals surface area contributed by atoms with E-state index in [1.54, 1.807) is 42.5 Å². The first-order valence-corrected chi connectivity index (χ1v) is 7.75. The van der Waals surface area contributed by atoms with Gasteiger partial charge in [0.25, 0.3) is 5.91 Å². The average Bonchev–Trinajstić information content (AvgIpc) is 2.57. The minimum Gasteiger partial charge on any atom is -0.494 e. The van der Waals surface area contributed by atoms with Gasteiger partial charge in [0.15, 0.2) is 6.10 Å². The summed E-state index contributed by atoms with van der Waals surface area (Å²) in [5, 5.41) is 5.49. The van der Waals surface area contributed by atoms with E-state index in [1.807, 2.05) is 13.0 Å². The number of nitrogens with one attached hydrogen (secondary N) is 2. The molecule has 2 aromatic carbocycles. The van der Waals surface area contributed by atoms with Crippen molar-refractivity contribution in [3.8, 4) is 11.5 Å². The summed E-state index contributed by atoms with van der Waals surface area (Å²) in [5.41, 5.74) is 1.26. The zero-order valence-corrected chi connectivity index (χ0v) is 13.2. The second-order valence-electron chi connectivity index (χ2n) is 5.30. The molecule has 0 aliphatic carbocycles. The smallest absolute Gasteiger partial charge is 0.266 e. The minimum atomic E-state index is -0.845. The molecule has 0 spiro atoms. The monoisotopic (exact) mass is 326 g/mol. The predicted molar refractivity (Wildman–Crippen MR) is 90.3 cm³/mol. The molecule has 0 radical (unpaired) electrons. The van der Waals surface area contributed by atoms with E-state index >= 15 is 0 Å². The topological polar surface area (TPSA) is 76.7 Å². The maximum atomic E-state index is 12.1. The van der Waals surface area contributed by atoms with Gasteiger partial charge in [-0.25, -0.2) is 0 Å². The van der Waals surface area contributed by atoms with Gasteiger partial charge in [-0.2, -0.15) is 0 Å². The molecule has 1 heterocycles. The molecule has 24 heavy (non-hydrogen) atoms. The van der Waals surface area contributed by atoms with Crippen molar-refractivity contribution in [3.63, 3.8) is 0 Å². The molecule has 0 saturated carbocycles. The number of benzene rings is 2. The van der Waals surface area contributed by atoms with Gasteiger partial charge in [-0.15, -0.1) is 0 Å². The molecular formula is C18H18N2O4. The maximum Gasteiger partial charge on any atom is 0.266 e. The van der Waals surface area contributed by atoms with Gasteiger partial charge < -0.3 is 20.1 Å². The van der Waals surface area contributed by atoms with Crippen molar-refractivity contribution in [2.24, 2.45) is 0 Å². The van der Waals surface area contributed by atoms with Crippen molar-refractivity contribution in [3.05, 3.63) is 48.5 Å². The van der Waals surface area contributed by atoms with Crippen molar-refractivity contribution >= 4 is 23.2 Å². The van der Waals surface area contributed by atoms with E-state index in [0.717, 1.165) is 5.75 Å². The third-order valence-electron chi connectivity index (χ3n) is 3.53. The summed E-state index contributed by atoms with van der Waals surface area (Å²) < 4.78 is 11.0. The Bertz CT molecular complexity index is 743. The first kappa shape index (κ1) is 15.9. The van der Waals surface area contributed by atoms with Gasteiger partial charge in [-0.1, -0.05) is 12.1 Å². The van der Waals surface area contributed by atoms with Crippen LogP contribution in [0.15, 0.2) is 48.5 Å². The van der Waals surface area contributed by atoms with E-state index in [-0.39, 0.29) is 18.2 Å². The van der Waals surface area contributed by atoms with Crippen LogP contribution in [-0.2, 0) is 9.59 Å². The van der Waals surface area contributed by atoms with Crippen LogP contribution >= 0.6 is 0 Å². The third kappa shape index (κ3) is 3.65. The summed E-state index contributed by atoms with van der Waals surface area (Å²) in [6.45, 7) is 2.49. The summed E-state index contributed by atoms with van der Waals surface area (Å²) in [4.78, 5) is 24.2. The zero-order valence-electron chi connectivity index (χ0n) is 13.2. The van der Waals surface area contributed by atoms with Gasteiger partial charge in [0.05, 0.1) is 18.7 Å². The predicted octanol–water partition coefficient (Wildman–Crippen LogP) is 2.81. The molecule has 2 amide bonds. The highest BCUT2D eigenvalue weighted by molar-refractivity contribution is 6.01. The number of carbonyl (C=O) groups is 2. The average molecular weight is 326 g/mol. The van der Waals surface area contributed by atoms with Gasteiger partial charge in [0.2, 0.25) is 5.91 Å². The molecule has 0 aromatic heterocycles. The van der Waals surface area contributed by atoms with Gasteiger partial charge in [-0.3, -0.25) is 9.59 Å². The number of rotatable bonds is 5. The summed E-state index contributed by atoms with van der Waals surface area (Å²) in [6.07, 6.45) is -0.907. The molecule has 6 nitrogen and oxygen atoms in total. The van der Waals surface area contributed by atoms with Crippen LogP contribution in [0.5, 0.6) is 11.5 Å². The highest BCUT2D eigenvalue weighted by atomic mass is 16.5. The van der Waals surface area contributed by atoms with E-state index in [4.69, 9.17) is 9.47 Å². The van der Waals surface area contributed by atoms with E-state index in [9.17, 15) is 9.59 Å². The number of ether oxygens (including phenoxy) is 2. The first-order valence-electron chi connectivity index (χ1n) is 7.75. The fraction of sp³-hybridized carbons (Fsp3) is 0.222. The van der Waals surface area contributed by atoms with E-state index < -0.39 is 6.10 Å². The molecule has 1 aliphatic rings. The van der Waals surface area contributed by atoms with Crippen LogP contribution in [0.3, 0.4) is 0 Å². The van der Waals surface area contributed by atoms with E-state index in [1.165, 1.54) is 0 Å². The van der Waals surface area contributed by atoms with Crippen molar-refractivity contribution in [2.45, 2.75) is 19.4 Å². The first-order chi connectivity index (χ1) is 11.7. The molecule has 1 aliphatic heterocycles. The number of fused-ring (bicyclic) bond motifs is 1. The van der Waals surface area contributed by atoms with Gasteiger partial charge >= 0.3 is 0 Å². The lowest BCUT2D eigenvalue weighted by molar-refractivity contribution is -0.128. The minimum absolute atomic E-state index is 0.0621. The van der Waals surface area contributed by atoms with Crippen LogP contribution in [-0.4, -0.2) is 24.5 Å². The molecule has 3 rings (SSSR count). The van der Waals surface area contributed by atoms with Gasteiger partial charge in [-0.05, 0) is 43.3 Å². The molecule has 0 fully saturated rings. The molecule has 0 bridgehead atoms. The molecular weight excluding hydrogens is 308 g/mol. The lowest BCUT2D eigenvalue weighted by Gasteiger charge is -2.25. The standard InChI is InChI=1S/C18H18N2O4/c1-2-23-13-9-7-12(8-10-13)19-17(21)11-16-18(22)20-14-5-3-4-6-15(14)24-16/h3-10,16H,2,11H2,1H3,(H,19,21)(H,20,22). The largest absolute Gasteiger partial charge is 0.494 e. The molecule has 0 saturated heterocycles. The Morgan fingerprint density at radius 3 is 2.71 bits per heavy atom. The van der Waals surface area contributed by atoms with Crippen molar-refractivity contribution in [1.29, 1.82) is 0 Å². The van der Waals surface area contributed by atoms with Crippen molar-refractivity contribution in [1.82, 2.24) is 0 Å². The number of para-hydroxylation sites is 2. The van der Waals surface area contributed by atoms with Crippen LogP contribution in [0.4, 0.5) is 11.4 Å². The Balaban J connectivity index is 1.60. The number of hydrogen-bond donors (Lipinski definition) is 2. The quantitative estimate of drug-likeness (QED) is 0.886. The third-order valence-corrected chi connectivity index (χ3v) is 3.53. The maximum absolute atomic E-state index is 12.1. The Labute approximate surface area is 139 Å². The number of hydrogen-bond acceptors (Lipinski definition) is 4. The van der Waals surface area contributed by atoms with E-state index in [2.05, 4.69) is 10.6 Å². The van der Waals surface area contributed by atoms with Gasteiger partial charge in [0, 0.05) is 5.69 Å². The summed E-state index contributed by atoms with van der Waals surface area (Å²) >= 11 is 0. The highest BCUT2D eigenvalue weighted by Crippen LogP contribution is 2.29. The SMILES string of the molecule is CCOc1ccc(NC(=O)CC2Oc3ccccc3NC2=O)cc1. The molecule has 1 atom stereocenters. The van der Waals surface area contributed by atoms with Crippen molar-refractivity contribution in [2.75, 3.05) is 17.2 Å². The second kappa shape index (κ2) is 7.04. The molecule has 2 N–H and O–H groups in total. The lowest BCUT2D eigenvalue weighted by atomic mass is 10.1. The van der Waals surface area contributed by atoms with Crippen molar-refractivity contribution < 1.29 is 19.1 Å². The summed E-state index contributed by atoms with van der Waals surface area (Å²) in [7, 11) is 0. The fourth-order valence-corrected chi connectivity index (χ4v) is 2.41. The van der Waals surface area contributed by atoms with Gasteiger partial charge in [0.1, 0.15) is 11.5 Å². The zero-order chi connectivity index (χ0) is 16.9. The summed E-state index contributed by atoms with van der Waals surface area (Å²) in [6, 6.07) is 14.2. The Morgan fingerprint density at radius 2 is 1.96 bits per heavy atom. The van der Waals surface area contributed by atoms with Crippen LogP contribution in [0.1, 0.15) is 13.3 Å². The highest BCUT2D eigenvalue weighted by Gasteiger charge is 2.29. The van der Waals surface area contributed by atoms with Crippen LogP contribution < -0.4 is 20.1 Å². The lowest BCUT2D eigenvalue weighted by Crippen LogP contribution is -2.39. The number of anilines is 2. The second-order valence-corrected chi connectivity index (χ2v) is 5.30. The molecule has 1 unspecified atom stereocenters. The van der Waals surface area contributed by atoms with Crippen LogP contribution in [0, 0.1) is 0 Å². The number of carbonyl (C=O) groups excluding carboxylic acids is 2. The normalized spacial score (nSPS) is 15.7. The molecule has 124 valence electrons. The van der Waals surface area contributed by atoms with E-state index in [0.29, 0.717) is 23.7 Å². The summed E-state index contributed by atoms with van der Waals surface area (Å²) in [5.74, 6) is 0.687. The van der Waals surface area contributed by atoms with Crippen LogP contribution in [0.25, 0.3) is 0 Å².